The molecule has 0 saturated carbocycles. The first-order valence-electron chi connectivity index (χ1n) is 9.66. The average Bonchev–Trinajstić information content (AvgIpc) is 3.49. The van der Waals surface area contributed by atoms with Crippen molar-refractivity contribution in [2.75, 3.05) is 0 Å². The lowest BCUT2D eigenvalue weighted by Crippen LogP contribution is -2.49. The van der Waals surface area contributed by atoms with Gasteiger partial charge in [0.2, 0.25) is 5.91 Å². The Hall–Kier alpha value is -3.39. The van der Waals surface area contributed by atoms with E-state index >= 15 is 0 Å². The first-order chi connectivity index (χ1) is 14.5. The molecule has 2 amide bonds. The van der Waals surface area contributed by atoms with E-state index in [4.69, 9.17) is 4.42 Å². The minimum Gasteiger partial charge on any atom is -0.467 e. The summed E-state index contributed by atoms with van der Waals surface area (Å²) in [5.41, 5.74) is 1.33. The zero-order valence-corrected chi connectivity index (χ0v) is 17.5. The summed E-state index contributed by atoms with van der Waals surface area (Å²) in [6, 6.07) is 12.1. The van der Waals surface area contributed by atoms with Crippen molar-refractivity contribution in [3.05, 3.63) is 72.4 Å². The molecular formula is C22H22N4O3S. The van der Waals surface area contributed by atoms with Crippen LogP contribution in [0.4, 0.5) is 0 Å². The van der Waals surface area contributed by atoms with Crippen LogP contribution in [-0.4, -0.2) is 27.4 Å². The van der Waals surface area contributed by atoms with Crippen LogP contribution in [0.2, 0.25) is 0 Å². The van der Waals surface area contributed by atoms with Gasteiger partial charge in [-0.25, -0.2) is 4.98 Å². The molecule has 0 saturated heterocycles. The number of aromatic nitrogens is 2. The number of thiazole rings is 1. The number of amides is 2. The lowest BCUT2D eigenvalue weighted by atomic mass is 10.0. The number of fused-ring (bicyclic) bond motifs is 1. The van der Waals surface area contributed by atoms with Crippen LogP contribution in [0.15, 0.2) is 65.5 Å². The molecule has 2 N–H and O–H groups in total. The average molecular weight is 423 g/mol. The van der Waals surface area contributed by atoms with E-state index in [2.05, 4.69) is 15.6 Å². The second kappa shape index (κ2) is 8.54. The lowest BCUT2D eigenvalue weighted by molar-refractivity contribution is -0.124. The van der Waals surface area contributed by atoms with E-state index in [1.165, 1.54) is 11.3 Å². The van der Waals surface area contributed by atoms with Gasteiger partial charge in [-0.2, -0.15) is 0 Å². The third-order valence-corrected chi connectivity index (χ3v) is 5.75. The Labute approximate surface area is 177 Å². The molecule has 0 spiro atoms. The summed E-state index contributed by atoms with van der Waals surface area (Å²) in [5, 5.41) is 6.51. The zero-order chi connectivity index (χ0) is 21.1. The topological polar surface area (TPSA) is 89.2 Å². The van der Waals surface area contributed by atoms with Crippen LogP contribution in [0.25, 0.3) is 15.3 Å². The van der Waals surface area contributed by atoms with Gasteiger partial charge < -0.3 is 19.6 Å². The van der Waals surface area contributed by atoms with Gasteiger partial charge in [0.25, 0.3) is 5.91 Å². The van der Waals surface area contributed by atoms with Gasteiger partial charge in [-0.1, -0.05) is 25.2 Å². The third-order valence-electron chi connectivity index (χ3n) is 4.72. The number of furan rings is 1. The molecule has 1 aromatic carbocycles. The number of benzene rings is 1. The normalized spacial score (nSPS) is 12.2. The SMILES string of the molecule is CC(C)[C@@H](NC(=O)c1ccc2nc(-n3cccc3)sc2c1)C(=O)NCc1ccco1. The summed E-state index contributed by atoms with van der Waals surface area (Å²) in [7, 11) is 0. The molecule has 0 aliphatic rings. The predicted octanol–water partition coefficient (Wildman–Crippen LogP) is 3.75. The van der Waals surface area contributed by atoms with E-state index in [0.717, 1.165) is 15.3 Å². The highest BCUT2D eigenvalue weighted by atomic mass is 32.1. The highest BCUT2D eigenvalue weighted by Gasteiger charge is 2.25. The molecule has 4 rings (SSSR count). The van der Waals surface area contributed by atoms with Gasteiger partial charge in [-0.15, -0.1) is 0 Å². The van der Waals surface area contributed by atoms with Crippen LogP contribution in [0.3, 0.4) is 0 Å². The quantitative estimate of drug-likeness (QED) is 0.475. The van der Waals surface area contributed by atoms with Crippen molar-refractivity contribution in [1.29, 1.82) is 0 Å². The summed E-state index contributed by atoms with van der Waals surface area (Å²) in [6.45, 7) is 4.07. The molecule has 0 fully saturated rings. The minimum absolute atomic E-state index is 0.0713. The highest BCUT2D eigenvalue weighted by Crippen LogP contribution is 2.26. The Morgan fingerprint density at radius 1 is 1.17 bits per heavy atom. The van der Waals surface area contributed by atoms with Gasteiger partial charge in [0, 0.05) is 18.0 Å². The van der Waals surface area contributed by atoms with Gasteiger partial charge >= 0.3 is 0 Å². The van der Waals surface area contributed by atoms with Crippen molar-refractivity contribution in [2.24, 2.45) is 5.92 Å². The fourth-order valence-corrected chi connectivity index (χ4v) is 4.06. The zero-order valence-electron chi connectivity index (χ0n) is 16.7. The Morgan fingerprint density at radius 3 is 2.67 bits per heavy atom. The Bertz CT molecular complexity index is 1150. The smallest absolute Gasteiger partial charge is 0.251 e. The standard InChI is InChI=1S/C22H22N4O3S/c1-14(2)19(21(28)23-13-16-6-5-11-29-16)25-20(27)15-7-8-17-18(12-15)30-22(24-17)26-9-3-4-10-26/h3-12,14,19H,13H2,1-2H3,(H,23,28)(H,25,27)/t19-/m1/s1. The van der Waals surface area contributed by atoms with Crippen molar-refractivity contribution in [2.45, 2.75) is 26.4 Å². The van der Waals surface area contributed by atoms with Gasteiger partial charge in [0.05, 0.1) is 23.0 Å². The summed E-state index contributed by atoms with van der Waals surface area (Å²) < 4.78 is 8.08. The van der Waals surface area contributed by atoms with Crippen LogP contribution in [0.5, 0.6) is 0 Å². The fraction of sp³-hybridized carbons (Fsp3) is 0.227. The predicted molar refractivity (Wildman–Crippen MR) is 116 cm³/mol. The number of rotatable bonds is 7. The maximum atomic E-state index is 12.8. The molecular weight excluding hydrogens is 400 g/mol. The molecule has 1 atom stereocenters. The summed E-state index contributed by atoms with van der Waals surface area (Å²) in [4.78, 5) is 30.1. The van der Waals surface area contributed by atoms with Crippen molar-refractivity contribution < 1.29 is 14.0 Å². The van der Waals surface area contributed by atoms with Gasteiger partial charge in [0.1, 0.15) is 11.8 Å². The Balaban J connectivity index is 1.47. The fourth-order valence-electron chi connectivity index (χ4n) is 3.08. The maximum absolute atomic E-state index is 12.8. The number of nitrogens with zero attached hydrogens (tertiary/aromatic N) is 2. The monoisotopic (exact) mass is 422 g/mol. The largest absolute Gasteiger partial charge is 0.467 e. The number of carbonyl (C=O) groups excluding carboxylic acids is 2. The van der Waals surface area contributed by atoms with E-state index < -0.39 is 6.04 Å². The molecule has 0 bridgehead atoms. The highest BCUT2D eigenvalue weighted by molar-refractivity contribution is 7.20. The van der Waals surface area contributed by atoms with E-state index in [-0.39, 0.29) is 24.3 Å². The molecule has 4 aromatic rings. The van der Waals surface area contributed by atoms with E-state index in [1.54, 1.807) is 24.5 Å². The van der Waals surface area contributed by atoms with Crippen LogP contribution < -0.4 is 10.6 Å². The second-order valence-electron chi connectivity index (χ2n) is 7.26. The number of hydrogen-bond donors (Lipinski definition) is 2. The van der Waals surface area contributed by atoms with Gasteiger partial charge in [-0.05, 0) is 48.4 Å². The summed E-state index contributed by atoms with van der Waals surface area (Å²) >= 11 is 1.51. The lowest BCUT2D eigenvalue weighted by Gasteiger charge is -2.21. The van der Waals surface area contributed by atoms with Crippen molar-refractivity contribution >= 4 is 33.4 Å². The Morgan fingerprint density at radius 2 is 1.97 bits per heavy atom. The molecule has 154 valence electrons. The van der Waals surface area contributed by atoms with E-state index in [0.29, 0.717) is 11.3 Å². The molecule has 3 heterocycles. The van der Waals surface area contributed by atoms with Crippen molar-refractivity contribution in [3.63, 3.8) is 0 Å². The molecule has 7 nitrogen and oxygen atoms in total. The third kappa shape index (κ3) is 4.28. The van der Waals surface area contributed by atoms with E-state index in [1.807, 2.05) is 55.1 Å². The first kappa shape index (κ1) is 19.9. The summed E-state index contributed by atoms with van der Waals surface area (Å²) in [5.74, 6) is 0.0486. The first-order valence-corrected chi connectivity index (χ1v) is 10.5. The minimum atomic E-state index is -0.653. The molecule has 0 radical (unpaired) electrons. The molecule has 0 aliphatic carbocycles. The number of hydrogen-bond acceptors (Lipinski definition) is 5. The van der Waals surface area contributed by atoms with Crippen LogP contribution in [0.1, 0.15) is 30.0 Å². The van der Waals surface area contributed by atoms with Crippen LogP contribution in [-0.2, 0) is 11.3 Å². The van der Waals surface area contributed by atoms with E-state index in [9.17, 15) is 9.59 Å². The van der Waals surface area contributed by atoms with Gasteiger partial charge in [0.15, 0.2) is 5.13 Å². The van der Waals surface area contributed by atoms with Crippen molar-refractivity contribution in [1.82, 2.24) is 20.2 Å². The van der Waals surface area contributed by atoms with Crippen molar-refractivity contribution in [3.8, 4) is 5.13 Å². The molecule has 0 aliphatic heterocycles. The molecule has 8 heteroatoms. The van der Waals surface area contributed by atoms with Crippen LogP contribution in [0, 0.1) is 5.92 Å². The second-order valence-corrected chi connectivity index (χ2v) is 8.27. The number of carbonyl (C=O) groups is 2. The van der Waals surface area contributed by atoms with Crippen LogP contribution >= 0.6 is 11.3 Å². The van der Waals surface area contributed by atoms with Gasteiger partial charge in [-0.3, -0.25) is 9.59 Å². The Kier molecular flexibility index (Phi) is 5.67. The summed E-state index contributed by atoms with van der Waals surface area (Å²) in [6.07, 6.45) is 5.42. The maximum Gasteiger partial charge on any atom is 0.251 e. The molecule has 3 aromatic heterocycles. The number of nitrogens with one attached hydrogen (secondary N) is 2. The molecule has 30 heavy (non-hydrogen) atoms. The molecule has 0 unspecified atom stereocenters.